The van der Waals surface area contributed by atoms with Gasteiger partial charge in [0.15, 0.2) is 0 Å². The molecule has 2 heterocycles. The molecule has 1 aliphatic rings. The van der Waals surface area contributed by atoms with Crippen molar-refractivity contribution in [2.75, 3.05) is 24.6 Å². The van der Waals surface area contributed by atoms with Gasteiger partial charge < -0.3 is 14.7 Å². The van der Waals surface area contributed by atoms with Gasteiger partial charge in [-0.2, -0.15) is 0 Å². The molecule has 6 nitrogen and oxygen atoms in total. The predicted molar refractivity (Wildman–Crippen MR) is 79.7 cm³/mol. The van der Waals surface area contributed by atoms with Crippen LogP contribution in [0.1, 0.15) is 38.7 Å². The highest BCUT2D eigenvalue weighted by molar-refractivity contribution is 5.76. The number of hydrogen-bond donors (Lipinski definition) is 1. The summed E-state index contributed by atoms with van der Waals surface area (Å²) in [5.74, 6) is 0.643. The molecule has 0 bridgehead atoms. The maximum Gasteiger partial charge on any atom is 0.311 e. The summed E-state index contributed by atoms with van der Waals surface area (Å²) in [7, 11) is 0. The first-order chi connectivity index (χ1) is 10.0. The summed E-state index contributed by atoms with van der Waals surface area (Å²) in [6.07, 6.45) is 3.68. The fourth-order valence-electron chi connectivity index (χ4n) is 2.95. The third kappa shape index (κ3) is 2.94. The van der Waals surface area contributed by atoms with E-state index in [-0.39, 0.29) is 0 Å². The number of carbonyl (C=O) groups is 1. The zero-order chi connectivity index (χ0) is 15.5. The Morgan fingerprint density at radius 2 is 2.24 bits per heavy atom. The highest BCUT2D eigenvalue weighted by Crippen LogP contribution is 2.36. The molecule has 1 fully saturated rings. The van der Waals surface area contributed by atoms with E-state index in [1.54, 1.807) is 0 Å². The van der Waals surface area contributed by atoms with Gasteiger partial charge in [0.25, 0.3) is 0 Å². The van der Waals surface area contributed by atoms with Crippen molar-refractivity contribution >= 4 is 11.8 Å². The molecule has 0 spiro atoms. The largest absolute Gasteiger partial charge is 0.481 e. The van der Waals surface area contributed by atoms with E-state index in [2.05, 4.69) is 14.9 Å². The summed E-state index contributed by atoms with van der Waals surface area (Å²) in [6.45, 7) is 7.63. The Bertz CT molecular complexity index is 521. The van der Waals surface area contributed by atoms with Crippen molar-refractivity contribution in [3.8, 4) is 5.88 Å². The van der Waals surface area contributed by atoms with Crippen LogP contribution in [-0.2, 0) is 4.79 Å². The minimum absolute atomic E-state index is 0.488. The first kappa shape index (κ1) is 15.5. The summed E-state index contributed by atoms with van der Waals surface area (Å²) in [6, 6.07) is 0. The zero-order valence-corrected chi connectivity index (χ0v) is 12.9. The van der Waals surface area contributed by atoms with E-state index in [1.807, 2.05) is 20.8 Å². The van der Waals surface area contributed by atoms with Crippen molar-refractivity contribution in [3.63, 3.8) is 0 Å². The molecule has 1 N–H and O–H groups in total. The minimum Gasteiger partial charge on any atom is -0.481 e. The molecule has 1 saturated heterocycles. The monoisotopic (exact) mass is 293 g/mol. The topological polar surface area (TPSA) is 75.6 Å². The van der Waals surface area contributed by atoms with E-state index in [9.17, 15) is 9.90 Å². The van der Waals surface area contributed by atoms with Crippen LogP contribution in [0.5, 0.6) is 5.88 Å². The van der Waals surface area contributed by atoms with Crippen LogP contribution in [0.3, 0.4) is 0 Å². The van der Waals surface area contributed by atoms with Crippen molar-refractivity contribution in [1.82, 2.24) is 9.97 Å². The SMILES string of the molecule is CCOc1ncnc(N2CCCC(CC)(C(=O)O)C2)c1C. The number of piperidine rings is 1. The van der Waals surface area contributed by atoms with Crippen LogP contribution in [0.25, 0.3) is 0 Å². The summed E-state index contributed by atoms with van der Waals surface area (Å²) < 4.78 is 5.50. The molecule has 6 heteroatoms. The second-order valence-corrected chi connectivity index (χ2v) is 5.52. The number of carboxylic acids is 1. The van der Waals surface area contributed by atoms with Crippen molar-refractivity contribution in [2.24, 2.45) is 5.41 Å². The Morgan fingerprint density at radius 1 is 1.48 bits per heavy atom. The number of nitrogens with zero attached hydrogens (tertiary/aromatic N) is 3. The first-order valence-corrected chi connectivity index (χ1v) is 7.47. The molecule has 1 aromatic heterocycles. The van der Waals surface area contributed by atoms with E-state index >= 15 is 0 Å². The fraction of sp³-hybridized carbons (Fsp3) is 0.667. The molecule has 0 aromatic carbocycles. The molecule has 1 unspecified atom stereocenters. The van der Waals surface area contributed by atoms with Gasteiger partial charge in [-0.05, 0) is 33.1 Å². The lowest BCUT2D eigenvalue weighted by molar-refractivity contribution is -0.149. The standard InChI is InChI=1S/C15H23N3O3/c1-4-15(14(19)20)7-6-8-18(9-15)12-11(3)13(21-5-2)17-10-16-12/h10H,4-9H2,1-3H3,(H,19,20). The number of carboxylic acid groups (broad SMARTS) is 1. The maximum atomic E-state index is 11.7. The van der Waals surface area contributed by atoms with E-state index in [1.165, 1.54) is 6.33 Å². The van der Waals surface area contributed by atoms with E-state index in [0.29, 0.717) is 25.5 Å². The van der Waals surface area contributed by atoms with Gasteiger partial charge in [-0.15, -0.1) is 0 Å². The number of aromatic nitrogens is 2. The number of anilines is 1. The molecule has 1 aromatic rings. The lowest BCUT2D eigenvalue weighted by atomic mass is 9.77. The van der Waals surface area contributed by atoms with Gasteiger partial charge in [-0.25, -0.2) is 9.97 Å². The normalized spacial score (nSPS) is 22.1. The highest BCUT2D eigenvalue weighted by Gasteiger charge is 2.41. The van der Waals surface area contributed by atoms with Crippen LogP contribution in [0, 0.1) is 12.3 Å². The molecule has 21 heavy (non-hydrogen) atoms. The molecule has 1 atom stereocenters. The Kier molecular flexibility index (Phi) is 4.65. The lowest BCUT2D eigenvalue weighted by Gasteiger charge is -2.40. The van der Waals surface area contributed by atoms with Gasteiger partial charge in [-0.1, -0.05) is 6.92 Å². The van der Waals surface area contributed by atoms with Gasteiger partial charge in [0.05, 0.1) is 17.6 Å². The van der Waals surface area contributed by atoms with Crippen LogP contribution < -0.4 is 9.64 Å². The van der Waals surface area contributed by atoms with Crippen molar-refractivity contribution in [2.45, 2.75) is 40.0 Å². The van der Waals surface area contributed by atoms with Crippen molar-refractivity contribution in [3.05, 3.63) is 11.9 Å². The molecule has 116 valence electrons. The van der Waals surface area contributed by atoms with Crippen LogP contribution >= 0.6 is 0 Å². The molecule has 0 aliphatic carbocycles. The third-order valence-electron chi connectivity index (χ3n) is 4.30. The van der Waals surface area contributed by atoms with Gasteiger partial charge in [0.1, 0.15) is 12.1 Å². The van der Waals surface area contributed by atoms with Crippen molar-refractivity contribution in [1.29, 1.82) is 0 Å². The summed E-state index contributed by atoms with van der Waals surface area (Å²) in [5.41, 5.74) is 0.193. The molecule has 1 aliphatic heterocycles. The van der Waals surface area contributed by atoms with E-state index in [4.69, 9.17) is 4.74 Å². The van der Waals surface area contributed by atoms with Crippen LogP contribution in [0.15, 0.2) is 6.33 Å². The molecule has 0 amide bonds. The summed E-state index contributed by atoms with van der Waals surface area (Å²) >= 11 is 0. The molecule has 0 radical (unpaired) electrons. The van der Waals surface area contributed by atoms with Gasteiger partial charge in [0.2, 0.25) is 5.88 Å². The summed E-state index contributed by atoms with van der Waals surface area (Å²) in [5, 5.41) is 9.58. The number of hydrogen-bond acceptors (Lipinski definition) is 5. The molecular weight excluding hydrogens is 270 g/mol. The van der Waals surface area contributed by atoms with E-state index < -0.39 is 11.4 Å². The van der Waals surface area contributed by atoms with Crippen LogP contribution in [0.4, 0.5) is 5.82 Å². The maximum absolute atomic E-state index is 11.7. The van der Waals surface area contributed by atoms with Crippen LogP contribution in [0.2, 0.25) is 0 Å². The van der Waals surface area contributed by atoms with Gasteiger partial charge in [-0.3, -0.25) is 4.79 Å². The first-order valence-electron chi connectivity index (χ1n) is 7.47. The Morgan fingerprint density at radius 3 is 2.86 bits per heavy atom. The third-order valence-corrected chi connectivity index (χ3v) is 4.30. The molecule has 2 rings (SSSR count). The van der Waals surface area contributed by atoms with Gasteiger partial charge in [0, 0.05) is 13.1 Å². The fourth-order valence-corrected chi connectivity index (χ4v) is 2.95. The minimum atomic E-state index is -0.716. The van der Waals surface area contributed by atoms with E-state index in [0.717, 1.165) is 30.8 Å². The summed E-state index contributed by atoms with van der Waals surface area (Å²) in [4.78, 5) is 22.2. The number of ether oxygens (including phenoxy) is 1. The molecule has 0 saturated carbocycles. The Labute approximate surface area is 125 Å². The quantitative estimate of drug-likeness (QED) is 0.897. The second-order valence-electron chi connectivity index (χ2n) is 5.52. The lowest BCUT2D eigenvalue weighted by Crippen LogP contribution is -2.48. The number of aliphatic carboxylic acids is 1. The Hall–Kier alpha value is -1.85. The smallest absolute Gasteiger partial charge is 0.311 e. The Balaban J connectivity index is 2.30. The number of rotatable bonds is 5. The predicted octanol–water partition coefficient (Wildman–Crippen LogP) is 2.26. The highest BCUT2D eigenvalue weighted by atomic mass is 16.5. The van der Waals surface area contributed by atoms with Crippen molar-refractivity contribution < 1.29 is 14.6 Å². The average molecular weight is 293 g/mol. The second kappa shape index (κ2) is 6.28. The molecular formula is C15H23N3O3. The zero-order valence-electron chi connectivity index (χ0n) is 12.9. The average Bonchev–Trinajstić information content (AvgIpc) is 2.49. The van der Waals surface area contributed by atoms with Crippen LogP contribution in [-0.4, -0.2) is 40.7 Å². The van der Waals surface area contributed by atoms with Gasteiger partial charge >= 0.3 is 5.97 Å².